The maximum Gasteiger partial charge on any atom is 0.224 e. The first-order valence-corrected chi connectivity index (χ1v) is 9.04. The van der Waals surface area contributed by atoms with Gasteiger partial charge in [-0.25, -0.2) is 0 Å². The summed E-state index contributed by atoms with van der Waals surface area (Å²) >= 11 is 0. The molecule has 27 heavy (non-hydrogen) atoms. The van der Waals surface area contributed by atoms with Crippen molar-refractivity contribution in [2.45, 2.75) is 46.0 Å². The number of ether oxygens (including phenoxy) is 1. The minimum absolute atomic E-state index is 0.0111. The van der Waals surface area contributed by atoms with Crippen LogP contribution in [0.15, 0.2) is 42.5 Å². The van der Waals surface area contributed by atoms with E-state index < -0.39 is 0 Å². The molecule has 0 fully saturated rings. The van der Waals surface area contributed by atoms with Crippen molar-refractivity contribution >= 4 is 17.4 Å². The fraction of sp³-hybridized carbons (Fsp3) is 0.364. The number of nitrogens with one attached hydrogen (secondary N) is 1. The number of benzene rings is 2. The van der Waals surface area contributed by atoms with Gasteiger partial charge in [0.05, 0.1) is 12.3 Å². The number of carbonyl (C=O) groups is 2. The van der Waals surface area contributed by atoms with Crippen LogP contribution < -0.4 is 10.1 Å². The number of aromatic hydroxyl groups is 1. The number of Topliss-reactive ketones (excluding diaryl/α,β-unsaturated/α-hetero) is 1. The highest BCUT2D eigenvalue weighted by Gasteiger charge is 2.16. The average molecular weight is 369 g/mol. The monoisotopic (exact) mass is 369 g/mol. The Balaban J connectivity index is 1.82. The van der Waals surface area contributed by atoms with E-state index in [1.165, 1.54) is 6.92 Å². The molecule has 5 heteroatoms. The van der Waals surface area contributed by atoms with E-state index >= 15 is 0 Å². The molecule has 144 valence electrons. The number of ketones is 1. The van der Waals surface area contributed by atoms with Gasteiger partial charge in [0.25, 0.3) is 0 Å². The van der Waals surface area contributed by atoms with Gasteiger partial charge in [0.1, 0.15) is 11.5 Å². The molecule has 0 aromatic heterocycles. The Bertz CT molecular complexity index is 804. The highest BCUT2D eigenvalue weighted by molar-refractivity contribution is 5.94. The number of carbonyl (C=O) groups excluding carboxylic acids is 2. The molecule has 2 rings (SSSR count). The summed E-state index contributed by atoms with van der Waals surface area (Å²) in [7, 11) is 0. The van der Waals surface area contributed by atoms with Gasteiger partial charge in [-0.1, -0.05) is 26.8 Å². The lowest BCUT2D eigenvalue weighted by molar-refractivity contribution is -0.116. The first-order chi connectivity index (χ1) is 12.7. The fourth-order valence-corrected chi connectivity index (χ4v) is 2.52. The first-order valence-electron chi connectivity index (χ1n) is 9.04. The second-order valence-corrected chi connectivity index (χ2v) is 7.56. The first kappa shape index (κ1) is 20.5. The van der Waals surface area contributed by atoms with Gasteiger partial charge in [-0.2, -0.15) is 0 Å². The number of phenolic OH excluding ortho intramolecular Hbond substituents is 1. The van der Waals surface area contributed by atoms with E-state index in [1.54, 1.807) is 36.4 Å². The molecule has 0 atom stereocenters. The topological polar surface area (TPSA) is 75.6 Å². The number of rotatable bonds is 7. The Morgan fingerprint density at radius 1 is 1.07 bits per heavy atom. The third-order valence-electron chi connectivity index (χ3n) is 4.21. The molecule has 0 spiro atoms. The van der Waals surface area contributed by atoms with Crippen molar-refractivity contribution in [3.63, 3.8) is 0 Å². The van der Waals surface area contributed by atoms with E-state index in [9.17, 15) is 14.7 Å². The number of anilines is 1. The normalized spacial score (nSPS) is 11.1. The zero-order valence-corrected chi connectivity index (χ0v) is 16.3. The van der Waals surface area contributed by atoms with E-state index in [1.807, 2.05) is 6.07 Å². The number of hydrogen-bond donors (Lipinski definition) is 2. The van der Waals surface area contributed by atoms with Crippen LogP contribution in [-0.2, 0) is 10.2 Å². The van der Waals surface area contributed by atoms with E-state index in [2.05, 4.69) is 26.1 Å². The van der Waals surface area contributed by atoms with Gasteiger partial charge in [-0.05, 0) is 60.7 Å². The Hall–Kier alpha value is -2.82. The van der Waals surface area contributed by atoms with Crippen molar-refractivity contribution in [3.8, 4) is 11.5 Å². The molecule has 2 aromatic carbocycles. The third kappa shape index (κ3) is 6.13. The summed E-state index contributed by atoms with van der Waals surface area (Å²) in [6.07, 6.45) is 0.824. The van der Waals surface area contributed by atoms with Crippen molar-refractivity contribution in [2.75, 3.05) is 11.9 Å². The van der Waals surface area contributed by atoms with Crippen LogP contribution in [0.2, 0.25) is 0 Å². The van der Waals surface area contributed by atoms with Crippen LogP contribution in [0.25, 0.3) is 0 Å². The summed E-state index contributed by atoms with van der Waals surface area (Å²) < 4.78 is 5.59. The maximum atomic E-state index is 12.1. The molecule has 0 aliphatic rings. The van der Waals surface area contributed by atoms with Crippen LogP contribution in [0.3, 0.4) is 0 Å². The predicted molar refractivity (Wildman–Crippen MR) is 107 cm³/mol. The van der Waals surface area contributed by atoms with Gasteiger partial charge in [0.15, 0.2) is 5.78 Å². The van der Waals surface area contributed by atoms with Crippen LogP contribution in [0.1, 0.15) is 56.5 Å². The van der Waals surface area contributed by atoms with Gasteiger partial charge < -0.3 is 15.2 Å². The van der Waals surface area contributed by atoms with Crippen LogP contribution in [0.5, 0.6) is 11.5 Å². The van der Waals surface area contributed by atoms with Crippen molar-refractivity contribution in [3.05, 3.63) is 53.6 Å². The Labute approximate surface area is 160 Å². The smallest absolute Gasteiger partial charge is 0.224 e. The molecule has 0 aliphatic carbocycles. The predicted octanol–water partition coefficient (Wildman–Crippen LogP) is 4.69. The number of phenols is 1. The van der Waals surface area contributed by atoms with E-state index in [0.717, 1.165) is 5.56 Å². The Morgan fingerprint density at radius 3 is 2.33 bits per heavy atom. The highest BCUT2D eigenvalue weighted by Crippen LogP contribution is 2.30. The molecule has 0 heterocycles. The van der Waals surface area contributed by atoms with Gasteiger partial charge in [-0.3, -0.25) is 9.59 Å². The quantitative estimate of drug-likeness (QED) is 0.422. The Kier molecular flexibility index (Phi) is 6.61. The van der Waals surface area contributed by atoms with Crippen LogP contribution in [0.4, 0.5) is 5.69 Å². The minimum Gasteiger partial charge on any atom is -0.506 e. The van der Waals surface area contributed by atoms with Crippen LogP contribution in [-0.4, -0.2) is 23.4 Å². The summed E-state index contributed by atoms with van der Waals surface area (Å²) in [6, 6.07) is 12.2. The van der Waals surface area contributed by atoms with Crippen LogP contribution >= 0.6 is 0 Å². The summed E-state index contributed by atoms with van der Waals surface area (Å²) in [5.41, 5.74) is 2.03. The van der Waals surface area contributed by atoms with Gasteiger partial charge >= 0.3 is 0 Å². The van der Waals surface area contributed by atoms with Gasteiger partial charge in [0.2, 0.25) is 5.91 Å². The zero-order valence-electron chi connectivity index (χ0n) is 16.3. The second-order valence-electron chi connectivity index (χ2n) is 7.56. The molecule has 0 bridgehead atoms. The van der Waals surface area contributed by atoms with Crippen molar-refractivity contribution in [1.82, 2.24) is 0 Å². The number of amides is 1. The molecule has 0 aliphatic heterocycles. The van der Waals surface area contributed by atoms with Gasteiger partial charge in [0, 0.05) is 12.0 Å². The summed E-state index contributed by atoms with van der Waals surface area (Å²) in [6.45, 7) is 8.13. The zero-order chi connectivity index (χ0) is 20.0. The summed E-state index contributed by atoms with van der Waals surface area (Å²) in [5, 5.41) is 12.7. The molecular formula is C22H27NO4. The van der Waals surface area contributed by atoms with Crippen LogP contribution in [0, 0.1) is 0 Å². The van der Waals surface area contributed by atoms with E-state index in [0.29, 0.717) is 30.0 Å². The van der Waals surface area contributed by atoms with Gasteiger partial charge in [-0.15, -0.1) is 0 Å². The SMILES string of the molecule is CC(=O)c1ccc(OCCCC(=O)Nc2cc(C(C)(C)C)ccc2O)cc1. The maximum absolute atomic E-state index is 12.1. The molecule has 0 saturated heterocycles. The van der Waals surface area contributed by atoms with Crippen molar-refractivity contribution in [2.24, 2.45) is 0 Å². The van der Waals surface area contributed by atoms with Crippen molar-refractivity contribution < 1.29 is 19.4 Å². The lowest BCUT2D eigenvalue weighted by Gasteiger charge is -2.20. The molecule has 2 N–H and O–H groups in total. The largest absolute Gasteiger partial charge is 0.506 e. The molecule has 1 amide bonds. The standard InChI is InChI=1S/C22H27NO4/c1-15(24)16-7-10-18(11-8-16)27-13-5-6-21(26)23-19-14-17(22(2,3)4)9-12-20(19)25/h7-12,14,25H,5-6,13H2,1-4H3,(H,23,26). The third-order valence-corrected chi connectivity index (χ3v) is 4.21. The molecule has 5 nitrogen and oxygen atoms in total. The molecule has 0 unspecified atom stereocenters. The van der Waals surface area contributed by atoms with E-state index in [-0.39, 0.29) is 29.3 Å². The lowest BCUT2D eigenvalue weighted by atomic mass is 9.87. The molecule has 2 aromatic rings. The summed E-state index contributed by atoms with van der Waals surface area (Å²) in [4.78, 5) is 23.4. The average Bonchev–Trinajstić information content (AvgIpc) is 2.60. The van der Waals surface area contributed by atoms with Crippen molar-refractivity contribution in [1.29, 1.82) is 0 Å². The number of hydrogen-bond acceptors (Lipinski definition) is 4. The minimum atomic E-state index is -0.174. The Morgan fingerprint density at radius 2 is 1.74 bits per heavy atom. The molecule has 0 saturated carbocycles. The highest BCUT2D eigenvalue weighted by atomic mass is 16.5. The van der Waals surface area contributed by atoms with E-state index in [4.69, 9.17) is 4.74 Å². The fourth-order valence-electron chi connectivity index (χ4n) is 2.52. The summed E-state index contributed by atoms with van der Waals surface area (Å²) in [5.74, 6) is 0.554. The second kappa shape index (κ2) is 8.71. The molecular weight excluding hydrogens is 342 g/mol. The lowest BCUT2D eigenvalue weighted by Crippen LogP contribution is -2.15. The molecule has 0 radical (unpaired) electrons.